The molecule has 0 fully saturated rings. The van der Waals surface area contributed by atoms with Crippen molar-refractivity contribution in [3.63, 3.8) is 0 Å². The van der Waals surface area contributed by atoms with E-state index in [4.69, 9.17) is 5.73 Å². The molecule has 78 valence electrons. The van der Waals surface area contributed by atoms with Crippen LogP contribution in [0.5, 0.6) is 0 Å². The summed E-state index contributed by atoms with van der Waals surface area (Å²) in [6.07, 6.45) is 2.72. The second-order valence-electron chi connectivity index (χ2n) is 3.54. The third-order valence-corrected chi connectivity index (χ3v) is 2.57. The molecule has 1 heterocycles. The fourth-order valence-electron chi connectivity index (χ4n) is 1.81. The van der Waals surface area contributed by atoms with E-state index >= 15 is 0 Å². The lowest BCUT2D eigenvalue weighted by molar-refractivity contribution is 0.516. The Labute approximate surface area is 89.5 Å². The number of anilines is 1. The first-order valence-electron chi connectivity index (χ1n) is 5.17. The van der Waals surface area contributed by atoms with Gasteiger partial charge >= 0.3 is 0 Å². The molecule has 0 saturated carbocycles. The summed E-state index contributed by atoms with van der Waals surface area (Å²) >= 11 is 0. The van der Waals surface area contributed by atoms with Gasteiger partial charge in [0.05, 0.1) is 12.2 Å². The van der Waals surface area contributed by atoms with E-state index in [1.807, 2.05) is 28.9 Å². The number of nitrogen functional groups attached to an aromatic ring is 1. The van der Waals surface area contributed by atoms with E-state index in [0.29, 0.717) is 5.82 Å². The highest BCUT2D eigenvalue weighted by atomic mass is 15.3. The topological polar surface area (TPSA) is 43.8 Å². The second kappa shape index (κ2) is 4.17. The molecule has 0 spiro atoms. The zero-order chi connectivity index (χ0) is 10.7. The Hall–Kier alpha value is -1.77. The molecule has 0 aliphatic heterocycles. The third kappa shape index (κ3) is 1.86. The van der Waals surface area contributed by atoms with Crippen molar-refractivity contribution in [1.29, 1.82) is 0 Å². The van der Waals surface area contributed by atoms with Crippen molar-refractivity contribution in [2.75, 3.05) is 5.73 Å². The number of nitrogens with two attached hydrogens (primary N) is 1. The molecule has 0 amide bonds. The summed E-state index contributed by atoms with van der Waals surface area (Å²) in [5, 5.41) is 4.25. The smallest absolute Gasteiger partial charge is 0.122 e. The fourth-order valence-corrected chi connectivity index (χ4v) is 1.81. The van der Waals surface area contributed by atoms with Crippen LogP contribution in [0, 0.1) is 0 Å². The highest BCUT2D eigenvalue weighted by Crippen LogP contribution is 2.23. The van der Waals surface area contributed by atoms with E-state index in [2.05, 4.69) is 24.2 Å². The third-order valence-electron chi connectivity index (χ3n) is 2.57. The van der Waals surface area contributed by atoms with Crippen LogP contribution in [0.4, 0.5) is 5.82 Å². The molecule has 0 radical (unpaired) electrons. The first-order valence-corrected chi connectivity index (χ1v) is 5.17. The summed E-state index contributed by atoms with van der Waals surface area (Å²) in [4.78, 5) is 0. The van der Waals surface area contributed by atoms with Gasteiger partial charge in [-0.25, -0.2) is 4.68 Å². The monoisotopic (exact) mass is 201 g/mol. The van der Waals surface area contributed by atoms with Crippen molar-refractivity contribution in [2.45, 2.75) is 19.4 Å². The maximum atomic E-state index is 5.85. The van der Waals surface area contributed by atoms with Crippen LogP contribution in [-0.2, 0) is 0 Å². The molecule has 15 heavy (non-hydrogen) atoms. The average molecular weight is 201 g/mol. The second-order valence-corrected chi connectivity index (χ2v) is 3.54. The van der Waals surface area contributed by atoms with Crippen molar-refractivity contribution in [1.82, 2.24) is 9.78 Å². The molecule has 1 aromatic heterocycles. The first kappa shape index (κ1) is 9.77. The summed E-state index contributed by atoms with van der Waals surface area (Å²) in [5.74, 6) is 0.714. The normalized spacial score (nSPS) is 12.6. The minimum Gasteiger partial charge on any atom is -0.384 e. The number of hydrogen-bond donors (Lipinski definition) is 1. The lowest BCUT2D eigenvalue weighted by atomic mass is 10.1. The van der Waals surface area contributed by atoms with Crippen LogP contribution in [0.2, 0.25) is 0 Å². The molecule has 1 atom stereocenters. The van der Waals surface area contributed by atoms with E-state index in [-0.39, 0.29) is 6.04 Å². The Morgan fingerprint density at radius 3 is 2.53 bits per heavy atom. The van der Waals surface area contributed by atoms with Crippen molar-refractivity contribution in [3.05, 3.63) is 48.2 Å². The van der Waals surface area contributed by atoms with Crippen LogP contribution >= 0.6 is 0 Å². The van der Waals surface area contributed by atoms with Gasteiger partial charge in [0.1, 0.15) is 5.82 Å². The predicted molar refractivity (Wildman–Crippen MR) is 61.5 cm³/mol. The van der Waals surface area contributed by atoms with Gasteiger partial charge in [0.25, 0.3) is 0 Å². The molecule has 2 aromatic rings. The summed E-state index contributed by atoms with van der Waals surface area (Å²) < 4.78 is 1.87. The van der Waals surface area contributed by atoms with Gasteiger partial charge in [-0.2, -0.15) is 5.10 Å². The molecule has 0 aliphatic carbocycles. The Morgan fingerprint density at radius 2 is 2.00 bits per heavy atom. The maximum Gasteiger partial charge on any atom is 0.122 e. The number of aromatic nitrogens is 2. The number of nitrogens with zero attached hydrogens (tertiary/aromatic N) is 2. The predicted octanol–water partition coefficient (Wildman–Crippen LogP) is 2.46. The maximum absolute atomic E-state index is 5.85. The van der Waals surface area contributed by atoms with E-state index in [9.17, 15) is 0 Å². The van der Waals surface area contributed by atoms with Crippen molar-refractivity contribution in [3.8, 4) is 0 Å². The molecule has 2 N–H and O–H groups in total. The van der Waals surface area contributed by atoms with Gasteiger partial charge in [0.15, 0.2) is 0 Å². The molecule has 0 aliphatic rings. The summed E-state index contributed by atoms with van der Waals surface area (Å²) in [7, 11) is 0. The molecule has 3 heteroatoms. The van der Waals surface area contributed by atoms with Crippen LogP contribution in [0.1, 0.15) is 24.9 Å². The standard InChI is InChI=1S/C12H15N3/c1-2-11(10-6-4-3-5-7-10)15-12(13)8-9-14-15/h3-9,11H,2,13H2,1H3/t11-/m1/s1. The molecule has 0 saturated heterocycles. The highest BCUT2D eigenvalue weighted by Gasteiger charge is 2.13. The lowest BCUT2D eigenvalue weighted by Gasteiger charge is -2.17. The van der Waals surface area contributed by atoms with E-state index in [0.717, 1.165) is 6.42 Å². The lowest BCUT2D eigenvalue weighted by Crippen LogP contribution is -2.13. The molecule has 0 unspecified atom stereocenters. The number of benzene rings is 1. The van der Waals surface area contributed by atoms with Gasteiger partial charge in [-0.1, -0.05) is 37.3 Å². The average Bonchev–Trinajstić information content (AvgIpc) is 2.68. The minimum atomic E-state index is 0.237. The molecule has 2 rings (SSSR count). The van der Waals surface area contributed by atoms with Crippen molar-refractivity contribution in [2.24, 2.45) is 0 Å². The molecular formula is C12H15N3. The van der Waals surface area contributed by atoms with Crippen LogP contribution in [0.15, 0.2) is 42.6 Å². The molecule has 1 aromatic carbocycles. The van der Waals surface area contributed by atoms with E-state index in [1.165, 1.54) is 5.56 Å². The van der Waals surface area contributed by atoms with Crippen LogP contribution < -0.4 is 5.73 Å². The Balaban J connectivity index is 2.37. The van der Waals surface area contributed by atoms with Gasteiger partial charge in [-0.05, 0) is 18.1 Å². The highest BCUT2D eigenvalue weighted by molar-refractivity contribution is 5.30. The molecule has 0 bridgehead atoms. The molecule has 3 nitrogen and oxygen atoms in total. The van der Waals surface area contributed by atoms with Crippen LogP contribution in [-0.4, -0.2) is 9.78 Å². The first-order chi connectivity index (χ1) is 7.33. The summed E-state index contributed by atoms with van der Waals surface area (Å²) in [5.41, 5.74) is 7.10. The number of rotatable bonds is 3. The van der Waals surface area contributed by atoms with E-state index in [1.54, 1.807) is 6.20 Å². The SMILES string of the molecule is CC[C@H](c1ccccc1)n1nccc1N. The van der Waals surface area contributed by atoms with Crippen LogP contribution in [0.25, 0.3) is 0 Å². The Kier molecular flexibility index (Phi) is 2.72. The van der Waals surface area contributed by atoms with Crippen LogP contribution in [0.3, 0.4) is 0 Å². The zero-order valence-electron chi connectivity index (χ0n) is 8.80. The van der Waals surface area contributed by atoms with Gasteiger partial charge in [0.2, 0.25) is 0 Å². The van der Waals surface area contributed by atoms with Gasteiger partial charge in [-0.15, -0.1) is 0 Å². The summed E-state index contributed by atoms with van der Waals surface area (Å²) in [6, 6.07) is 12.4. The van der Waals surface area contributed by atoms with Gasteiger partial charge in [0, 0.05) is 0 Å². The minimum absolute atomic E-state index is 0.237. The van der Waals surface area contributed by atoms with Gasteiger partial charge < -0.3 is 5.73 Å². The van der Waals surface area contributed by atoms with E-state index < -0.39 is 0 Å². The quantitative estimate of drug-likeness (QED) is 0.829. The van der Waals surface area contributed by atoms with Gasteiger partial charge in [-0.3, -0.25) is 0 Å². The largest absolute Gasteiger partial charge is 0.384 e. The molecular weight excluding hydrogens is 186 g/mol. The summed E-state index contributed by atoms with van der Waals surface area (Å²) in [6.45, 7) is 2.14. The Bertz CT molecular complexity index is 419. The zero-order valence-corrected chi connectivity index (χ0v) is 8.80. The number of hydrogen-bond acceptors (Lipinski definition) is 2. The van der Waals surface area contributed by atoms with Crippen molar-refractivity contribution < 1.29 is 0 Å². The Morgan fingerprint density at radius 1 is 1.27 bits per heavy atom. The fraction of sp³-hybridized carbons (Fsp3) is 0.250. The van der Waals surface area contributed by atoms with Crippen molar-refractivity contribution >= 4 is 5.82 Å².